The fourth-order valence-electron chi connectivity index (χ4n) is 3.16. The maximum Gasteiger partial charge on any atom is 0.276 e. The van der Waals surface area contributed by atoms with E-state index in [1.807, 2.05) is 30.3 Å². The van der Waals surface area contributed by atoms with Crippen LogP contribution in [0.2, 0.25) is 0 Å². The third-order valence-electron chi connectivity index (χ3n) is 4.74. The maximum absolute atomic E-state index is 12.6. The van der Waals surface area contributed by atoms with Crippen molar-refractivity contribution in [2.45, 2.75) is 6.42 Å². The fraction of sp³-hybridized carbons (Fsp3) is 0.286. The van der Waals surface area contributed by atoms with Crippen LogP contribution in [0, 0.1) is 0 Å². The molecule has 2 amide bonds. The lowest BCUT2D eigenvalue weighted by Gasteiger charge is -2.34. The highest BCUT2D eigenvalue weighted by atomic mass is 16.5. The highest BCUT2D eigenvalue weighted by molar-refractivity contribution is 5.93. The first kappa shape index (κ1) is 18.8. The van der Waals surface area contributed by atoms with Gasteiger partial charge in [-0.05, 0) is 24.3 Å². The van der Waals surface area contributed by atoms with Crippen molar-refractivity contribution in [2.75, 3.05) is 32.8 Å². The number of furan rings is 1. The van der Waals surface area contributed by atoms with E-state index >= 15 is 0 Å². The molecule has 0 N–H and O–H groups in total. The van der Waals surface area contributed by atoms with Crippen molar-refractivity contribution in [3.63, 3.8) is 0 Å². The normalized spacial score (nSPS) is 14.1. The molecule has 8 nitrogen and oxygen atoms in total. The van der Waals surface area contributed by atoms with Crippen LogP contribution in [-0.2, 0) is 4.79 Å². The van der Waals surface area contributed by atoms with Gasteiger partial charge in [0.25, 0.3) is 5.91 Å². The van der Waals surface area contributed by atoms with Gasteiger partial charge in [0.05, 0.1) is 19.3 Å². The van der Waals surface area contributed by atoms with E-state index in [1.165, 1.54) is 6.26 Å². The second-order valence-corrected chi connectivity index (χ2v) is 6.64. The molecule has 1 aromatic carbocycles. The Morgan fingerprint density at radius 2 is 1.72 bits per heavy atom. The Bertz CT molecular complexity index is 944. The van der Waals surface area contributed by atoms with Gasteiger partial charge in [-0.2, -0.15) is 0 Å². The molecule has 1 aliphatic rings. The molecule has 1 saturated heterocycles. The molecule has 1 fully saturated rings. The van der Waals surface area contributed by atoms with Gasteiger partial charge in [-0.15, -0.1) is 0 Å². The Morgan fingerprint density at radius 1 is 0.966 bits per heavy atom. The number of ether oxygens (including phenoxy) is 1. The number of hydrogen-bond donors (Lipinski definition) is 0. The van der Waals surface area contributed by atoms with Crippen LogP contribution in [0.4, 0.5) is 0 Å². The largest absolute Gasteiger partial charge is 0.493 e. The molecule has 3 heterocycles. The summed E-state index contributed by atoms with van der Waals surface area (Å²) in [6.07, 6.45) is 1.83. The van der Waals surface area contributed by atoms with Crippen LogP contribution in [0.5, 0.6) is 5.75 Å². The van der Waals surface area contributed by atoms with Gasteiger partial charge in [-0.1, -0.05) is 23.4 Å². The Hall–Kier alpha value is -3.55. The first-order chi connectivity index (χ1) is 14.2. The van der Waals surface area contributed by atoms with E-state index in [0.717, 1.165) is 5.75 Å². The molecular weight excluding hydrogens is 374 g/mol. The lowest BCUT2D eigenvalue weighted by molar-refractivity contribution is -0.133. The molecule has 0 aliphatic carbocycles. The van der Waals surface area contributed by atoms with Crippen molar-refractivity contribution < 1.29 is 23.3 Å². The van der Waals surface area contributed by atoms with Crippen molar-refractivity contribution in [3.8, 4) is 17.3 Å². The molecule has 0 spiro atoms. The molecule has 8 heteroatoms. The highest BCUT2D eigenvalue weighted by Crippen LogP contribution is 2.21. The number of hydrogen-bond acceptors (Lipinski definition) is 6. The first-order valence-corrected chi connectivity index (χ1v) is 9.46. The molecule has 150 valence electrons. The van der Waals surface area contributed by atoms with Gasteiger partial charge in [0.1, 0.15) is 5.75 Å². The summed E-state index contributed by atoms with van der Waals surface area (Å²) in [4.78, 5) is 28.4. The summed E-state index contributed by atoms with van der Waals surface area (Å²) >= 11 is 0. The number of carbonyl (C=O) groups is 2. The first-order valence-electron chi connectivity index (χ1n) is 9.46. The van der Waals surface area contributed by atoms with E-state index < -0.39 is 0 Å². The quantitative estimate of drug-likeness (QED) is 0.638. The van der Waals surface area contributed by atoms with Crippen molar-refractivity contribution in [1.29, 1.82) is 0 Å². The zero-order valence-electron chi connectivity index (χ0n) is 15.8. The number of nitrogens with zero attached hydrogens (tertiary/aromatic N) is 3. The predicted octanol–water partition coefficient (Wildman–Crippen LogP) is 2.69. The molecule has 29 heavy (non-hydrogen) atoms. The van der Waals surface area contributed by atoms with Gasteiger partial charge in [-0.3, -0.25) is 9.59 Å². The molecular formula is C21H21N3O5. The van der Waals surface area contributed by atoms with Crippen LogP contribution in [0.1, 0.15) is 16.9 Å². The van der Waals surface area contributed by atoms with E-state index in [0.29, 0.717) is 50.7 Å². The van der Waals surface area contributed by atoms with Gasteiger partial charge < -0.3 is 23.5 Å². The van der Waals surface area contributed by atoms with Crippen molar-refractivity contribution >= 4 is 11.8 Å². The minimum Gasteiger partial charge on any atom is -0.493 e. The van der Waals surface area contributed by atoms with Gasteiger partial charge in [0.2, 0.25) is 11.7 Å². The number of piperazine rings is 1. The summed E-state index contributed by atoms with van der Waals surface area (Å²) in [6.45, 7) is 2.20. The van der Waals surface area contributed by atoms with Gasteiger partial charge >= 0.3 is 0 Å². The average molecular weight is 395 g/mol. The van der Waals surface area contributed by atoms with Gasteiger partial charge in [0, 0.05) is 32.2 Å². The lowest BCUT2D eigenvalue weighted by atomic mass is 10.2. The highest BCUT2D eigenvalue weighted by Gasteiger charge is 2.27. The van der Waals surface area contributed by atoms with E-state index in [4.69, 9.17) is 13.7 Å². The van der Waals surface area contributed by atoms with Crippen LogP contribution in [0.25, 0.3) is 11.5 Å². The molecule has 0 bridgehead atoms. The van der Waals surface area contributed by atoms with Gasteiger partial charge in [0.15, 0.2) is 11.5 Å². The molecule has 4 rings (SSSR count). The Balaban J connectivity index is 1.24. The fourth-order valence-corrected chi connectivity index (χ4v) is 3.16. The minimum atomic E-state index is -0.217. The summed E-state index contributed by atoms with van der Waals surface area (Å²) in [5, 5.41) is 3.85. The van der Waals surface area contributed by atoms with Crippen LogP contribution < -0.4 is 4.74 Å². The van der Waals surface area contributed by atoms with Crippen molar-refractivity contribution in [1.82, 2.24) is 15.0 Å². The number of amides is 2. The van der Waals surface area contributed by atoms with E-state index in [9.17, 15) is 9.59 Å². The molecule has 2 aromatic heterocycles. The van der Waals surface area contributed by atoms with Gasteiger partial charge in [-0.25, -0.2) is 0 Å². The third-order valence-corrected chi connectivity index (χ3v) is 4.74. The average Bonchev–Trinajstić information content (AvgIpc) is 3.46. The zero-order chi connectivity index (χ0) is 20.1. The predicted molar refractivity (Wildman–Crippen MR) is 103 cm³/mol. The Morgan fingerprint density at radius 3 is 2.45 bits per heavy atom. The Labute approximate surface area is 167 Å². The number of benzene rings is 1. The van der Waals surface area contributed by atoms with E-state index in [2.05, 4.69) is 5.16 Å². The lowest BCUT2D eigenvalue weighted by Crippen LogP contribution is -2.50. The zero-order valence-corrected chi connectivity index (χ0v) is 15.8. The van der Waals surface area contributed by atoms with Crippen LogP contribution in [0.3, 0.4) is 0 Å². The van der Waals surface area contributed by atoms with E-state index in [1.54, 1.807) is 28.0 Å². The van der Waals surface area contributed by atoms with Crippen LogP contribution in [0.15, 0.2) is 63.7 Å². The molecule has 0 radical (unpaired) electrons. The monoisotopic (exact) mass is 395 g/mol. The smallest absolute Gasteiger partial charge is 0.276 e. The topological polar surface area (TPSA) is 89.0 Å². The van der Waals surface area contributed by atoms with Crippen molar-refractivity contribution in [2.24, 2.45) is 0 Å². The summed E-state index contributed by atoms with van der Waals surface area (Å²) in [5.41, 5.74) is 0.229. The van der Waals surface area contributed by atoms with Crippen molar-refractivity contribution in [3.05, 3.63) is 60.5 Å². The minimum absolute atomic E-state index is 0.0228. The molecule has 0 atom stereocenters. The standard InChI is InChI=1S/C21H21N3O5/c25-20(8-14-27-16-5-2-1-3-6-16)23-9-11-24(12-10-23)21(26)17-15-19(29-22-17)18-7-4-13-28-18/h1-7,13,15H,8-12,14H2. The second-order valence-electron chi connectivity index (χ2n) is 6.64. The summed E-state index contributed by atoms with van der Waals surface area (Å²) < 4.78 is 16.0. The third kappa shape index (κ3) is 4.48. The van der Waals surface area contributed by atoms with E-state index in [-0.39, 0.29) is 17.5 Å². The SMILES string of the molecule is O=C(CCOc1ccccc1)N1CCN(C(=O)c2cc(-c3ccco3)on2)CC1. The second kappa shape index (κ2) is 8.64. The van der Waals surface area contributed by atoms with Crippen LogP contribution >= 0.6 is 0 Å². The number of para-hydroxylation sites is 1. The summed E-state index contributed by atoms with van der Waals surface area (Å²) in [7, 11) is 0. The maximum atomic E-state index is 12.6. The molecule has 1 aliphatic heterocycles. The number of carbonyl (C=O) groups excluding carboxylic acids is 2. The van der Waals surface area contributed by atoms with Crippen LogP contribution in [-0.4, -0.2) is 59.6 Å². The summed E-state index contributed by atoms with van der Waals surface area (Å²) in [6, 6.07) is 14.4. The molecule has 0 saturated carbocycles. The molecule has 0 unspecified atom stereocenters. The number of aromatic nitrogens is 1. The number of rotatable bonds is 6. The summed E-state index contributed by atoms with van der Waals surface area (Å²) in [5.74, 6) is 1.48. The molecule has 3 aromatic rings. The Kier molecular flexibility index (Phi) is 5.60.